The van der Waals surface area contributed by atoms with E-state index in [-0.39, 0.29) is 36.0 Å². The predicted molar refractivity (Wildman–Crippen MR) is 114 cm³/mol. The van der Waals surface area contributed by atoms with Gasteiger partial charge >= 0.3 is 0 Å². The van der Waals surface area contributed by atoms with Crippen LogP contribution in [0.4, 0.5) is 5.69 Å². The number of likely N-dealkylation sites (tertiary alicyclic amines) is 1. The van der Waals surface area contributed by atoms with Gasteiger partial charge in [-0.2, -0.15) is 0 Å². The lowest BCUT2D eigenvalue weighted by Crippen LogP contribution is -2.50. The van der Waals surface area contributed by atoms with E-state index >= 15 is 0 Å². The second-order valence-electron chi connectivity index (χ2n) is 8.97. The molecule has 3 aliphatic rings. The summed E-state index contributed by atoms with van der Waals surface area (Å²) in [7, 11) is 1.47. The van der Waals surface area contributed by atoms with Gasteiger partial charge in [0, 0.05) is 19.4 Å². The Labute approximate surface area is 180 Å². The molecular weight excluding hydrogens is 392 g/mol. The number of carbonyl (C=O) groups is 4. The SMILES string of the molecule is Cc1ccc(Cc2ccc(N3C(=O)CC4C5CC(C(=O)N(C)C5=O)C4C3=O)cc2)cc1. The zero-order chi connectivity index (χ0) is 21.9. The molecular formula is C25H24N2O4. The van der Waals surface area contributed by atoms with Gasteiger partial charge in [-0.15, -0.1) is 0 Å². The van der Waals surface area contributed by atoms with Crippen LogP contribution in [0.3, 0.4) is 0 Å². The van der Waals surface area contributed by atoms with Crippen LogP contribution in [0, 0.1) is 30.6 Å². The van der Waals surface area contributed by atoms with E-state index in [1.165, 1.54) is 23.1 Å². The quantitative estimate of drug-likeness (QED) is 0.721. The highest BCUT2D eigenvalue weighted by Crippen LogP contribution is 2.51. The molecule has 2 aliphatic heterocycles. The Morgan fingerprint density at radius 3 is 2.03 bits per heavy atom. The van der Waals surface area contributed by atoms with Gasteiger partial charge in [0.05, 0.1) is 17.5 Å². The lowest BCUT2D eigenvalue weighted by atomic mass is 9.80. The van der Waals surface area contributed by atoms with Crippen LogP contribution in [0.1, 0.15) is 29.5 Å². The Hall–Kier alpha value is -3.28. The average molecular weight is 416 g/mol. The van der Waals surface area contributed by atoms with E-state index in [1.54, 1.807) is 12.1 Å². The number of benzene rings is 2. The fourth-order valence-electron chi connectivity index (χ4n) is 5.45. The van der Waals surface area contributed by atoms with Crippen molar-refractivity contribution in [1.82, 2.24) is 4.90 Å². The molecule has 158 valence electrons. The first-order chi connectivity index (χ1) is 14.8. The van der Waals surface area contributed by atoms with Crippen LogP contribution in [-0.4, -0.2) is 35.6 Å². The van der Waals surface area contributed by atoms with Crippen LogP contribution in [-0.2, 0) is 25.6 Å². The number of rotatable bonds is 3. The maximum atomic E-state index is 13.4. The number of fused-ring (bicyclic) bond motifs is 5. The van der Waals surface area contributed by atoms with Crippen molar-refractivity contribution < 1.29 is 19.2 Å². The third-order valence-electron chi connectivity index (χ3n) is 7.10. The Balaban J connectivity index is 1.39. The second kappa shape index (κ2) is 7.15. The molecule has 2 heterocycles. The lowest BCUT2D eigenvalue weighted by molar-refractivity contribution is -0.152. The minimum Gasteiger partial charge on any atom is -0.285 e. The van der Waals surface area contributed by atoms with Crippen molar-refractivity contribution in [3.8, 4) is 0 Å². The number of hydrogen-bond donors (Lipinski definition) is 0. The summed E-state index contributed by atoms with van der Waals surface area (Å²) in [4.78, 5) is 53.7. The minimum absolute atomic E-state index is 0.121. The van der Waals surface area contributed by atoms with E-state index < -0.39 is 17.8 Å². The first-order valence-electron chi connectivity index (χ1n) is 10.7. The summed E-state index contributed by atoms with van der Waals surface area (Å²) in [5, 5.41) is 0. The zero-order valence-corrected chi connectivity index (χ0v) is 17.6. The van der Waals surface area contributed by atoms with Gasteiger partial charge in [0.1, 0.15) is 0 Å². The molecule has 6 nitrogen and oxygen atoms in total. The summed E-state index contributed by atoms with van der Waals surface area (Å²) in [5.74, 6) is -3.11. The maximum absolute atomic E-state index is 13.4. The van der Waals surface area contributed by atoms with Crippen LogP contribution in [0.15, 0.2) is 48.5 Å². The molecule has 1 aliphatic carbocycles. The van der Waals surface area contributed by atoms with E-state index in [1.807, 2.05) is 12.1 Å². The van der Waals surface area contributed by atoms with Crippen LogP contribution in [0.25, 0.3) is 0 Å². The summed E-state index contributed by atoms with van der Waals surface area (Å²) >= 11 is 0. The molecule has 4 unspecified atom stereocenters. The third kappa shape index (κ3) is 3.09. The van der Waals surface area contributed by atoms with Crippen LogP contribution in [0.5, 0.6) is 0 Å². The normalized spacial score (nSPS) is 27.7. The molecule has 0 N–H and O–H groups in total. The van der Waals surface area contributed by atoms with E-state index in [4.69, 9.17) is 0 Å². The number of anilines is 1. The molecule has 2 aromatic carbocycles. The molecule has 0 radical (unpaired) electrons. The monoisotopic (exact) mass is 416 g/mol. The third-order valence-corrected chi connectivity index (χ3v) is 7.10. The van der Waals surface area contributed by atoms with Gasteiger partial charge in [-0.1, -0.05) is 42.0 Å². The first-order valence-corrected chi connectivity index (χ1v) is 10.7. The van der Waals surface area contributed by atoms with Crippen molar-refractivity contribution in [3.05, 3.63) is 65.2 Å². The van der Waals surface area contributed by atoms with Gasteiger partial charge in [0.15, 0.2) is 0 Å². The molecule has 31 heavy (non-hydrogen) atoms. The molecule has 5 rings (SSSR count). The lowest BCUT2D eigenvalue weighted by Gasteiger charge is -2.34. The second-order valence-corrected chi connectivity index (χ2v) is 8.97. The molecule has 4 atom stereocenters. The van der Waals surface area contributed by atoms with Gasteiger partial charge in [-0.25, -0.2) is 0 Å². The number of carbonyl (C=O) groups excluding carboxylic acids is 4. The first kappa shape index (κ1) is 19.7. The number of imide groups is 2. The van der Waals surface area contributed by atoms with Gasteiger partial charge in [-0.05, 0) is 48.9 Å². The van der Waals surface area contributed by atoms with Crippen molar-refractivity contribution in [2.75, 3.05) is 11.9 Å². The number of aryl methyl sites for hydroxylation is 1. The van der Waals surface area contributed by atoms with Crippen LogP contribution in [0.2, 0.25) is 0 Å². The van der Waals surface area contributed by atoms with Crippen molar-refractivity contribution in [3.63, 3.8) is 0 Å². The molecule has 0 aromatic heterocycles. The highest BCUT2D eigenvalue weighted by molar-refractivity contribution is 6.19. The van der Waals surface area contributed by atoms with E-state index in [2.05, 4.69) is 31.2 Å². The molecule has 2 bridgehead atoms. The molecule has 0 spiro atoms. The summed E-state index contributed by atoms with van der Waals surface area (Å²) in [5.41, 5.74) is 4.01. The predicted octanol–water partition coefficient (Wildman–Crippen LogP) is 2.72. The number of amides is 4. The summed E-state index contributed by atoms with van der Waals surface area (Å²) in [6.45, 7) is 2.05. The van der Waals surface area contributed by atoms with Crippen molar-refractivity contribution >= 4 is 29.3 Å². The number of hydrogen-bond acceptors (Lipinski definition) is 4. The summed E-state index contributed by atoms with van der Waals surface area (Å²) < 4.78 is 0. The minimum atomic E-state index is -0.601. The van der Waals surface area contributed by atoms with Gasteiger partial charge in [-0.3, -0.25) is 29.0 Å². The molecule has 6 heteroatoms. The topological polar surface area (TPSA) is 74.8 Å². The average Bonchev–Trinajstić information content (AvgIpc) is 3.11. The summed E-state index contributed by atoms with van der Waals surface area (Å²) in [6, 6.07) is 15.8. The number of nitrogens with zero attached hydrogens (tertiary/aromatic N) is 2. The smallest absolute Gasteiger partial charge is 0.237 e. The highest BCUT2D eigenvalue weighted by Gasteiger charge is 2.61. The van der Waals surface area contributed by atoms with Crippen molar-refractivity contribution in [2.45, 2.75) is 26.2 Å². The van der Waals surface area contributed by atoms with Gasteiger partial charge in [0.2, 0.25) is 23.6 Å². The Morgan fingerprint density at radius 2 is 1.39 bits per heavy atom. The van der Waals surface area contributed by atoms with E-state index in [0.717, 1.165) is 16.9 Å². The number of piperidine rings is 2. The standard InChI is InChI=1S/C25H24N2O4/c1-14-3-5-15(6-4-14)11-16-7-9-17(10-8-16)27-21(28)13-18-19-12-20(22(18)25(27)31)24(30)26(2)23(19)29/h3-10,18-20,22H,11-13H2,1-2H3. The molecule has 2 saturated heterocycles. The fraction of sp³-hybridized carbons (Fsp3) is 0.360. The van der Waals surface area contributed by atoms with Gasteiger partial charge < -0.3 is 0 Å². The van der Waals surface area contributed by atoms with Crippen molar-refractivity contribution in [2.24, 2.45) is 23.7 Å². The molecule has 4 amide bonds. The molecule has 2 aromatic rings. The molecule has 1 saturated carbocycles. The largest absolute Gasteiger partial charge is 0.285 e. The maximum Gasteiger partial charge on any atom is 0.237 e. The van der Waals surface area contributed by atoms with Crippen molar-refractivity contribution in [1.29, 1.82) is 0 Å². The Bertz CT molecular complexity index is 1090. The zero-order valence-electron chi connectivity index (χ0n) is 17.6. The van der Waals surface area contributed by atoms with Gasteiger partial charge in [0.25, 0.3) is 0 Å². The highest BCUT2D eigenvalue weighted by atomic mass is 16.2. The molecule has 3 fully saturated rings. The van der Waals surface area contributed by atoms with E-state index in [0.29, 0.717) is 12.1 Å². The van der Waals surface area contributed by atoms with Crippen LogP contribution >= 0.6 is 0 Å². The summed E-state index contributed by atoms with van der Waals surface area (Å²) in [6.07, 6.45) is 1.26. The van der Waals surface area contributed by atoms with Crippen LogP contribution < -0.4 is 4.90 Å². The Kier molecular flexibility index (Phi) is 4.54. The fourth-order valence-corrected chi connectivity index (χ4v) is 5.45. The Morgan fingerprint density at radius 1 is 0.806 bits per heavy atom. The van der Waals surface area contributed by atoms with E-state index in [9.17, 15) is 19.2 Å².